The highest BCUT2D eigenvalue weighted by atomic mass is 35.5. The number of nitrogens with one attached hydrogen (secondary N) is 2. The highest BCUT2D eigenvalue weighted by molar-refractivity contribution is 6.30. The Morgan fingerprint density at radius 1 is 1.30 bits per heavy atom. The van der Waals surface area contributed by atoms with Crippen molar-refractivity contribution in [3.63, 3.8) is 0 Å². The number of halogens is 2. The van der Waals surface area contributed by atoms with Gasteiger partial charge < -0.3 is 5.32 Å². The van der Waals surface area contributed by atoms with Crippen molar-refractivity contribution in [3.05, 3.63) is 52.6 Å². The third-order valence-corrected chi connectivity index (χ3v) is 4.36. The Balaban J connectivity index is 1.87. The van der Waals surface area contributed by atoms with Gasteiger partial charge in [-0.05, 0) is 25.3 Å². The molecule has 0 radical (unpaired) electrons. The maximum absolute atomic E-state index is 14.4. The first-order chi connectivity index (χ1) is 11.1. The van der Waals surface area contributed by atoms with Gasteiger partial charge in [-0.15, -0.1) is 0 Å². The van der Waals surface area contributed by atoms with E-state index in [0.717, 1.165) is 19.3 Å². The fraction of sp³-hybridized carbons (Fsp3) is 0.267. The normalized spacial score (nSPS) is 15.6. The number of benzene rings is 1. The first kappa shape index (κ1) is 15.6. The number of carbonyl (C=O) groups excluding carboxylic acids is 1. The molecule has 1 aromatic carbocycles. The van der Waals surface area contributed by atoms with E-state index >= 15 is 0 Å². The minimum absolute atomic E-state index is 0.0893. The van der Waals surface area contributed by atoms with Gasteiger partial charge >= 0.3 is 0 Å². The molecule has 4 N–H and O–H groups in total. The SMILES string of the molecule is NNC(=O)c1cnc(NC2(c3cccc(Cl)c3F)CCC2)nc1. The van der Waals surface area contributed by atoms with E-state index in [1.54, 1.807) is 12.1 Å². The number of nitrogens with zero attached hydrogens (tertiary/aromatic N) is 2. The van der Waals surface area contributed by atoms with E-state index in [1.165, 1.54) is 18.5 Å². The molecule has 2 aromatic rings. The summed E-state index contributed by atoms with van der Waals surface area (Å²) in [6.45, 7) is 0. The molecule has 0 unspecified atom stereocenters. The van der Waals surface area contributed by atoms with E-state index in [2.05, 4.69) is 15.3 Å². The van der Waals surface area contributed by atoms with Crippen LogP contribution in [0, 0.1) is 5.82 Å². The molecule has 3 rings (SSSR count). The summed E-state index contributed by atoms with van der Waals surface area (Å²) >= 11 is 5.89. The predicted octanol–water partition coefficient (Wildman–Crippen LogP) is 2.36. The Morgan fingerprint density at radius 3 is 2.57 bits per heavy atom. The minimum Gasteiger partial charge on any atom is -0.345 e. The molecule has 23 heavy (non-hydrogen) atoms. The molecule has 1 saturated carbocycles. The van der Waals surface area contributed by atoms with Crippen molar-refractivity contribution in [3.8, 4) is 0 Å². The summed E-state index contributed by atoms with van der Waals surface area (Å²) in [5, 5.41) is 3.27. The van der Waals surface area contributed by atoms with Crippen LogP contribution in [0.2, 0.25) is 5.02 Å². The number of carbonyl (C=O) groups is 1. The smallest absolute Gasteiger partial charge is 0.268 e. The van der Waals surface area contributed by atoms with Crippen LogP contribution in [0.1, 0.15) is 35.2 Å². The van der Waals surface area contributed by atoms with E-state index in [-0.39, 0.29) is 10.6 Å². The Kier molecular flexibility index (Phi) is 4.14. The standard InChI is InChI=1S/C15H15ClFN5O/c16-11-4-1-3-10(12(11)17)15(5-2-6-15)21-14-19-7-9(8-20-14)13(23)22-18/h1,3-4,7-8H,2,5-6,18H2,(H,22,23)(H,19,20,21). The molecular weight excluding hydrogens is 321 g/mol. The van der Waals surface area contributed by atoms with Crippen LogP contribution in [0.15, 0.2) is 30.6 Å². The van der Waals surface area contributed by atoms with Gasteiger partial charge in [-0.1, -0.05) is 23.7 Å². The number of nitrogens with two attached hydrogens (primary N) is 1. The van der Waals surface area contributed by atoms with Crippen LogP contribution in [0.25, 0.3) is 0 Å². The number of hydrogen-bond acceptors (Lipinski definition) is 5. The summed E-state index contributed by atoms with van der Waals surface area (Å²) in [4.78, 5) is 19.6. The molecule has 0 aliphatic heterocycles. The average molecular weight is 336 g/mol. The second-order valence-corrected chi connectivity index (χ2v) is 5.84. The molecule has 0 bridgehead atoms. The second kappa shape index (κ2) is 6.10. The average Bonchev–Trinajstić information content (AvgIpc) is 2.54. The zero-order valence-corrected chi connectivity index (χ0v) is 12.9. The van der Waals surface area contributed by atoms with Crippen molar-refractivity contribution in [2.24, 2.45) is 5.84 Å². The van der Waals surface area contributed by atoms with E-state index in [0.29, 0.717) is 11.5 Å². The van der Waals surface area contributed by atoms with Gasteiger partial charge in [0.1, 0.15) is 5.82 Å². The Labute approximate surface area is 137 Å². The van der Waals surface area contributed by atoms with Gasteiger partial charge in [0.15, 0.2) is 0 Å². The molecule has 1 amide bonds. The van der Waals surface area contributed by atoms with E-state index in [1.807, 2.05) is 5.43 Å². The molecule has 0 atom stereocenters. The number of amides is 1. The lowest BCUT2D eigenvalue weighted by Gasteiger charge is -2.43. The fourth-order valence-electron chi connectivity index (χ4n) is 2.67. The molecular formula is C15H15ClFN5O. The lowest BCUT2D eigenvalue weighted by Crippen LogP contribution is -2.43. The zero-order valence-electron chi connectivity index (χ0n) is 12.1. The van der Waals surface area contributed by atoms with E-state index in [4.69, 9.17) is 17.4 Å². The van der Waals surface area contributed by atoms with Crippen LogP contribution in [0.4, 0.5) is 10.3 Å². The number of aromatic nitrogens is 2. The first-order valence-electron chi connectivity index (χ1n) is 7.11. The van der Waals surface area contributed by atoms with Crippen molar-refractivity contribution < 1.29 is 9.18 Å². The number of rotatable bonds is 4. The van der Waals surface area contributed by atoms with E-state index < -0.39 is 17.3 Å². The Hall–Kier alpha value is -2.25. The largest absolute Gasteiger partial charge is 0.345 e. The van der Waals surface area contributed by atoms with Gasteiger partial charge in [0, 0.05) is 18.0 Å². The van der Waals surface area contributed by atoms with E-state index in [9.17, 15) is 9.18 Å². The predicted molar refractivity (Wildman–Crippen MR) is 84.2 cm³/mol. The van der Waals surface area contributed by atoms with Gasteiger partial charge in [0.2, 0.25) is 5.95 Å². The molecule has 1 aromatic heterocycles. The molecule has 6 nitrogen and oxygen atoms in total. The number of hydrazine groups is 1. The molecule has 1 fully saturated rings. The molecule has 1 aliphatic carbocycles. The highest BCUT2D eigenvalue weighted by Crippen LogP contribution is 2.45. The van der Waals surface area contributed by atoms with Crippen LogP contribution in [0.5, 0.6) is 0 Å². The lowest BCUT2D eigenvalue weighted by molar-refractivity contribution is 0.0953. The van der Waals surface area contributed by atoms with Crippen molar-refractivity contribution >= 4 is 23.5 Å². The van der Waals surface area contributed by atoms with Gasteiger partial charge in [-0.3, -0.25) is 10.2 Å². The maximum atomic E-state index is 14.4. The summed E-state index contributed by atoms with van der Waals surface area (Å²) in [7, 11) is 0. The molecule has 120 valence electrons. The molecule has 1 heterocycles. The van der Waals surface area contributed by atoms with Crippen LogP contribution >= 0.6 is 11.6 Å². The molecule has 1 aliphatic rings. The van der Waals surface area contributed by atoms with Gasteiger partial charge in [0.05, 0.1) is 16.1 Å². The number of nitrogen functional groups attached to an aromatic ring is 1. The zero-order chi connectivity index (χ0) is 16.4. The summed E-state index contributed by atoms with van der Waals surface area (Å²) in [6, 6.07) is 4.95. The second-order valence-electron chi connectivity index (χ2n) is 5.43. The highest BCUT2D eigenvalue weighted by Gasteiger charge is 2.41. The quantitative estimate of drug-likeness (QED) is 0.453. The van der Waals surface area contributed by atoms with Crippen molar-refractivity contribution in [2.45, 2.75) is 24.8 Å². The van der Waals surface area contributed by atoms with Crippen molar-refractivity contribution in [2.75, 3.05) is 5.32 Å². The molecule has 0 spiro atoms. The molecule has 8 heteroatoms. The monoisotopic (exact) mass is 335 g/mol. The maximum Gasteiger partial charge on any atom is 0.268 e. The van der Waals surface area contributed by atoms with Gasteiger partial charge in [0.25, 0.3) is 5.91 Å². The first-order valence-corrected chi connectivity index (χ1v) is 7.49. The third kappa shape index (κ3) is 2.85. The third-order valence-electron chi connectivity index (χ3n) is 4.07. The van der Waals surface area contributed by atoms with Gasteiger partial charge in [-0.25, -0.2) is 20.2 Å². The van der Waals surface area contributed by atoms with Gasteiger partial charge in [-0.2, -0.15) is 0 Å². The van der Waals surface area contributed by atoms with Crippen molar-refractivity contribution in [1.82, 2.24) is 15.4 Å². The Bertz CT molecular complexity index is 733. The van der Waals surface area contributed by atoms with Crippen LogP contribution in [0.3, 0.4) is 0 Å². The lowest BCUT2D eigenvalue weighted by atomic mass is 9.71. The summed E-state index contributed by atoms with van der Waals surface area (Å²) in [5.41, 5.74) is 2.18. The number of anilines is 1. The summed E-state index contributed by atoms with van der Waals surface area (Å²) in [6.07, 6.45) is 5.18. The van der Waals surface area contributed by atoms with Crippen LogP contribution in [-0.4, -0.2) is 15.9 Å². The number of hydrogen-bond donors (Lipinski definition) is 3. The fourth-order valence-corrected chi connectivity index (χ4v) is 2.85. The van der Waals surface area contributed by atoms with Crippen LogP contribution < -0.4 is 16.6 Å². The Morgan fingerprint density at radius 2 is 2.00 bits per heavy atom. The van der Waals surface area contributed by atoms with Crippen molar-refractivity contribution in [1.29, 1.82) is 0 Å². The summed E-state index contributed by atoms with van der Waals surface area (Å²) < 4.78 is 14.4. The minimum atomic E-state index is -0.577. The van der Waals surface area contributed by atoms with Crippen LogP contribution in [-0.2, 0) is 5.54 Å². The summed E-state index contributed by atoms with van der Waals surface area (Å²) in [5.74, 6) is 4.47. The molecule has 0 saturated heterocycles. The topological polar surface area (TPSA) is 92.9 Å².